The van der Waals surface area contributed by atoms with Gasteiger partial charge in [-0.25, -0.2) is 10.0 Å². The molecule has 0 amide bonds. The van der Waals surface area contributed by atoms with Gasteiger partial charge in [0.05, 0.1) is 27.3 Å². The van der Waals surface area contributed by atoms with E-state index in [1.54, 1.807) is 14.2 Å². The summed E-state index contributed by atoms with van der Waals surface area (Å²) in [5, 5.41) is 15.4. The van der Waals surface area contributed by atoms with Gasteiger partial charge in [0.15, 0.2) is 0 Å². The second-order valence-electron chi connectivity index (χ2n) is 6.33. The first-order valence-electron chi connectivity index (χ1n) is 8.48. The lowest BCUT2D eigenvalue weighted by molar-refractivity contribution is -0.515. The van der Waals surface area contributed by atoms with E-state index >= 15 is 0 Å². The quantitative estimate of drug-likeness (QED) is 0.560. The van der Waals surface area contributed by atoms with Gasteiger partial charge >= 0.3 is 0 Å². The number of nitro groups is 1. The number of methoxy groups -OCH3 is 2. The van der Waals surface area contributed by atoms with Gasteiger partial charge < -0.3 is 9.47 Å². The topological polar surface area (TPSA) is 68.1 Å². The molecule has 1 fully saturated rings. The van der Waals surface area contributed by atoms with Gasteiger partial charge in [0.25, 0.3) is 0 Å². The Hall–Kier alpha value is -2.64. The Kier molecular flexibility index (Phi) is 5.70. The monoisotopic (exact) mass is 357 g/mol. The minimum atomic E-state index is -0.577. The highest BCUT2D eigenvalue weighted by Gasteiger charge is 2.37. The molecule has 0 N–H and O–H groups in total. The third kappa shape index (κ3) is 4.30. The van der Waals surface area contributed by atoms with Crippen molar-refractivity contribution in [2.75, 3.05) is 27.3 Å². The van der Waals surface area contributed by atoms with Crippen LogP contribution < -0.4 is 9.47 Å². The van der Waals surface area contributed by atoms with E-state index in [1.807, 2.05) is 48.5 Å². The Balaban J connectivity index is 1.72. The summed E-state index contributed by atoms with van der Waals surface area (Å²) in [6, 6.07) is 15.0. The van der Waals surface area contributed by atoms with Crippen molar-refractivity contribution < 1.29 is 14.4 Å². The van der Waals surface area contributed by atoms with Crippen LogP contribution in [0.2, 0.25) is 0 Å². The van der Waals surface area contributed by atoms with Gasteiger partial charge in [0.2, 0.25) is 6.04 Å². The molecule has 1 saturated heterocycles. The van der Waals surface area contributed by atoms with Gasteiger partial charge in [-0.15, -0.1) is 0 Å². The number of rotatable bonds is 7. The molecule has 7 nitrogen and oxygen atoms in total. The molecule has 2 aromatic rings. The van der Waals surface area contributed by atoms with Crippen LogP contribution in [0.4, 0.5) is 0 Å². The van der Waals surface area contributed by atoms with Crippen molar-refractivity contribution >= 4 is 0 Å². The summed E-state index contributed by atoms with van der Waals surface area (Å²) >= 11 is 0. The highest BCUT2D eigenvalue weighted by Crippen LogP contribution is 2.22. The summed E-state index contributed by atoms with van der Waals surface area (Å²) in [6.45, 7) is 2.08. The van der Waals surface area contributed by atoms with E-state index in [9.17, 15) is 10.1 Å². The smallest absolute Gasteiger partial charge is 0.240 e. The molecule has 0 spiro atoms. The van der Waals surface area contributed by atoms with Crippen LogP contribution in [0.15, 0.2) is 48.5 Å². The van der Waals surface area contributed by atoms with Crippen molar-refractivity contribution in [1.29, 1.82) is 0 Å². The van der Waals surface area contributed by atoms with E-state index in [1.165, 1.54) is 0 Å². The Morgan fingerprint density at radius 1 is 0.885 bits per heavy atom. The van der Waals surface area contributed by atoms with Gasteiger partial charge in [-0.2, -0.15) is 0 Å². The lowest BCUT2D eigenvalue weighted by Crippen LogP contribution is -2.35. The summed E-state index contributed by atoms with van der Waals surface area (Å²) < 4.78 is 10.4. The van der Waals surface area contributed by atoms with Gasteiger partial charge in [0.1, 0.15) is 11.5 Å². The first-order chi connectivity index (χ1) is 12.6. The van der Waals surface area contributed by atoms with Crippen LogP contribution in [0, 0.1) is 10.1 Å². The van der Waals surface area contributed by atoms with Gasteiger partial charge in [-0.05, 0) is 35.4 Å². The second-order valence-corrected chi connectivity index (χ2v) is 6.33. The number of nitrogens with zero attached hydrogens (tertiary/aromatic N) is 3. The standard InChI is InChI=1S/C19H23N3O4/c1-25-18-7-3-15(4-8-18)11-20-13-17(22(23)24)14-21(20)12-16-5-9-19(26-2)10-6-16/h3-10,17H,11-14H2,1-2H3. The average Bonchev–Trinajstić information content (AvgIpc) is 3.06. The van der Waals surface area contributed by atoms with Crippen LogP contribution in [0.1, 0.15) is 11.1 Å². The maximum Gasteiger partial charge on any atom is 0.240 e. The zero-order valence-corrected chi connectivity index (χ0v) is 15.0. The first kappa shape index (κ1) is 18.2. The van der Waals surface area contributed by atoms with Crippen LogP contribution in [-0.4, -0.2) is 48.3 Å². The van der Waals surface area contributed by atoms with E-state index in [-0.39, 0.29) is 4.92 Å². The molecule has 7 heteroatoms. The number of benzene rings is 2. The number of hydrazine groups is 1. The fourth-order valence-corrected chi connectivity index (χ4v) is 3.12. The molecule has 0 saturated carbocycles. The first-order valence-corrected chi connectivity index (χ1v) is 8.48. The molecule has 2 aromatic carbocycles. The number of hydrogen-bond acceptors (Lipinski definition) is 6. The molecule has 0 aliphatic carbocycles. The van der Waals surface area contributed by atoms with E-state index in [0.717, 1.165) is 22.6 Å². The Labute approximate surface area is 152 Å². The lowest BCUT2D eigenvalue weighted by Gasteiger charge is -2.27. The lowest BCUT2D eigenvalue weighted by atomic mass is 10.2. The molecular formula is C19H23N3O4. The molecule has 0 atom stereocenters. The molecule has 1 aliphatic heterocycles. The summed E-state index contributed by atoms with van der Waals surface area (Å²) in [7, 11) is 3.27. The third-order valence-corrected chi connectivity index (χ3v) is 4.59. The molecule has 0 aromatic heterocycles. The number of hydrogen-bond donors (Lipinski definition) is 0. The van der Waals surface area contributed by atoms with Gasteiger partial charge in [0, 0.05) is 18.0 Å². The maximum absolute atomic E-state index is 11.3. The van der Waals surface area contributed by atoms with Crippen LogP contribution in [0.5, 0.6) is 11.5 Å². The molecule has 0 unspecified atom stereocenters. The third-order valence-electron chi connectivity index (χ3n) is 4.59. The molecule has 26 heavy (non-hydrogen) atoms. The fraction of sp³-hybridized carbons (Fsp3) is 0.368. The van der Waals surface area contributed by atoms with Crippen molar-refractivity contribution in [2.45, 2.75) is 19.1 Å². The molecular weight excluding hydrogens is 334 g/mol. The fourth-order valence-electron chi connectivity index (χ4n) is 3.12. The van der Waals surface area contributed by atoms with E-state index in [2.05, 4.69) is 10.0 Å². The van der Waals surface area contributed by atoms with Crippen molar-refractivity contribution in [3.05, 3.63) is 69.8 Å². The van der Waals surface area contributed by atoms with Crippen molar-refractivity contribution in [3.8, 4) is 11.5 Å². The molecule has 3 rings (SSSR count). The normalized spacial score (nSPS) is 15.9. The summed E-state index contributed by atoms with van der Waals surface area (Å²) in [6.07, 6.45) is 0. The molecule has 0 bridgehead atoms. The zero-order valence-electron chi connectivity index (χ0n) is 15.0. The summed E-state index contributed by atoms with van der Waals surface area (Å²) in [4.78, 5) is 11.1. The highest BCUT2D eigenvalue weighted by molar-refractivity contribution is 5.28. The van der Waals surface area contributed by atoms with Gasteiger partial charge in [-0.3, -0.25) is 10.1 Å². The largest absolute Gasteiger partial charge is 0.497 e. The molecule has 1 heterocycles. The van der Waals surface area contributed by atoms with Crippen molar-refractivity contribution in [2.24, 2.45) is 0 Å². The van der Waals surface area contributed by atoms with E-state index < -0.39 is 6.04 Å². The zero-order chi connectivity index (χ0) is 18.5. The minimum absolute atomic E-state index is 0.185. The van der Waals surface area contributed by atoms with E-state index in [4.69, 9.17) is 9.47 Å². The second kappa shape index (κ2) is 8.16. The average molecular weight is 357 g/mol. The Morgan fingerprint density at radius 3 is 1.58 bits per heavy atom. The predicted molar refractivity (Wildman–Crippen MR) is 97.6 cm³/mol. The van der Waals surface area contributed by atoms with Crippen molar-refractivity contribution in [1.82, 2.24) is 10.0 Å². The molecule has 138 valence electrons. The van der Waals surface area contributed by atoms with Crippen LogP contribution in [-0.2, 0) is 13.1 Å². The summed E-state index contributed by atoms with van der Waals surface area (Å²) in [5.41, 5.74) is 2.18. The highest BCUT2D eigenvalue weighted by atomic mass is 16.6. The Bertz CT molecular complexity index is 676. The Morgan fingerprint density at radius 2 is 1.27 bits per heavy atom. The maximum atomic E-state index is 11.3. The van der Waals surface area contributed by atoms with E-state index in [0.29, 0.717) is 26.2 Å². The summed E-state index contributed by atoms with van der Waals surface area (Å²) in [5.74, 6) is 1.60. The van der Waals surface area contributed by atoms with Crippen LogP contribution in [0.25, 0.3) is 0 Å². The minimum Gasteiger partial charge on any atom is -0.497 e. The number of ether oxygens (including phenoxy) is 2. The van der Waals surface area contributed by atoms with Crippen LogP contribution >= 0.6 is 0 Å². The SMILES string of the molecule is COc1ccc(CN2CC([N+](=O)[O-])CN2Cc2ccc(OC)cc2)cc1. The molecule has 1 aliphatic rings. The van der Waals surface area contributed by atoms with Crippen molar-refractivity contribution in [3.63, 3.8) is 0 Å². The molecule has 0 radical (unpaired) electrons. The predicted octanol–water partition coefficient (Wildman–Crippen LogP) is 2.58. The van der Waals surface area contributed by atoms with Crippen LogP contribution in [0.3, 0.4) is 0 Å². The van der Waals surface area contributed by atoms with Gasteiger partial charge in [-0.1, -0.05) is 24.3 Å².